The van der Waals surface area contributed by atoms with E-state index in [9.17, 15) is 26.4 Å². The van der Waals surface area contributed by atoms with Crippen LogP contribution >= 0.6 is 0 Å². The van der Waals surface area contributed by atoms with Crippen LogP contribution in [0.1, 0.15) is 10.6 Å². The lowest BCUT2D eigenvalue weighted by atomic mass is 10.3. The van der Waals surface area contributed by atoms with Crippen LogP contribution in [0.3, 0.4) is 0 Å². The van der Waals surface area contributed by atoms with Gasteiger partial charge in [0.15, 0.2) is 11.6 Å². The number of hydrogen-bond acceptors (Lipinski definition) is 4. The van der Waals surface area contributed by atoms with Crippen molar-refractivity contribution in [2.24, 2.45) is 0 Å². The van der Waals surface area contributed by atoms with Crippen molar-refractivity contribution in [3.63, 3.8) is 0 Å². The molecule has 0 aliphatic carbocycles. The molecule has 1 heterocycles. The van der Waals surface area contributed by atoms with Crippen molar-refractivity contribution in [2.45, 2.75) is 5.09 Å². The number of sulfonamides is 1. The molecule has 0 aliphatic heterocycles. The van der Waals surface area contributed by atoms with Gasteiger partial charge in [-0.2, -0.15) is 8.42 Å². The molecule has 2 rings (SSSR count). The highest BCUT2D eigenvalue weighted by Crippen LogP contribution is 2.23. The minimum absolute atomic E-state index is 0.165. The molecule has 0 fully saturated rings. The van der Waals surface area contributed by atoms with Crippen molar-refractivity contribution < 1.29 is 35.9 Å². The largest absolute Gasteiger partial charge is 0.475 e. The highest BCUT2D eigenvalue weighted by molar-refractivity contribution is 7.92. The number of halogens is 3. The first kappa shape index (κ1) is 14.9. The first-order valence-electron chi connectivity index (χ1n) is 5.21. The van der Waals surface area contributed by atoms with Crippen LogP contribution in [0.15, 0.2) is 33.8 Å². The van der Waals surface area contributed by atoms with Crippen LogP contribution in [-0.4, -0.2) is 19.5 Å². The molecule has 0 amide bonds. The third kappa shape index (κ3) is 2.99. The highest BCUT2D eigenvalue weighted by atomic mass is 32.2. The van der Waals surface area contributed by atoms with E-state index in [4.69, 9.17) is 5.11 Å². The van der Waals surface area contributed by atoms with Gasteiger partial charge in [-0.05, 0) is 12.1 Å². The normalized spacial score (nSPS) is 11.4. The average molecular weight is 321 g/mol. The maximum absolute atomic E-state index is 13.4. The lowest BCUT2D eigenvalue weighted by molar-refractivity contribution is 0.0656. The van der Waals surface area contributed by atoms with E-state index in [1.54, 1.807) is 4.72 Å². The van der Waals surface area contributed by atoms with E-state index in [0.717, 1.165) is 12.1 Å². The molecule has 21 heavy (non-hydrogen) atoms. The van der Waals surface area contributed by atoms with Crippen LogP contribution in [0.4, 0.5) is 18.9 Å². The molecule has 0 spiro atoms. The number of rotatable bonds is 4. The number of carboxylic acids is 1. The fourth-order valence-corrected chi connectivity index (χ4v) is 2.37. The smallest absolute Gasteiger partial charge is 0.371 e. The summed E-state index contributed by atoms with van der Waals surface area (Å²) in [6, 6.07) is 2.17. The van der Waals surface area contributed by atoms with Gasteiger partial charge >= 0.3 is 5.97 Å². The van der Waals surface area contributed by atoms with E-state index in [1.165, 1.54) is 0 Å². The van der Waals surface area contributed by atoms with Crippen LogP contribution < -0.4 is 4.72 Å². The Morgan fingerprint density at radius 2 is 1.71 bits per heavy atom. The van der Waals surface area contributed by atoms with Gasteiger partial charge in [0.05, 0.1) is 5.69 Å². The molecule has 0 atom stereocenters. The first-order valence-corrected chi connectivity index (χ1v) is 6.69. The zero-order chi connectivity index (χ0) is 15.8. The van der Waals surface area contributed by atoms with Gasteiger partial charge in [-0.1, -0.05) is 0 Å². The predicted molar refractivity (Wildman–Crippen MR) is 62.8 cm³/mol. The number of aromatic carboxylic acids is 1. The molecule has 0 aliphatic rings. The Morgan fingerprint density at radius 3 is 2.29 bits per heavy atom. The minimum Gasteiger partial charge on any atom is -0.475 e. The number of anilines is 1. The SMILES string of the molecule is O=C(O)c1ccc(S(=O)(=O)Nc2cc(F)c(F)cc2F)o1. The zero-order valence-electron chi connectivity index (χ0n) is 9.93. The second kappa shape index (κ2) is 5.13. The summed E-state index contributed by atoms with van der Waals surface area (Å²) in [5.74, 6) is -6.44. The second-order valence-corrected chi connectivity index (χ2v) is 5.39. The zero-order valence-corrected chi connectivity index (χ0v) is 10.7. The molecule has 0 radical (unpaired) electrons. The van der Waals surface area contributed by atoms with Crippen LogP contribution in [-0.2, 0) is 10.0 Å². The quantitative estimate of drug-likeness (QED) is 0.842. The predicted octanol–water partition coefficient (Wildman–Crippen LogP) is 2.20. The minimum atomic E-state index is -4.49. The topological polar surface area (TPSA) is 96.6 Å². The molecule has 1 aromatic heterocycles. The van der Waals surface area contributed by atoms with Gasteiger partial charge in [0, 0.05) is 12.1 Å². The van der Waals surface area contributed by atoms with Gasteiger partial charge in [-0.3, -0.25) is 4.72 Å². The molecule has 6 nitrogen and oxygen atoms in total. The molecule has 2 N–H and O–H groups in total. The Hall–Kier alpha value is -2.49. The van der Waals surface area contributed by atoms with Crippen LogP contribution in [0.2, 0.25) is 0 Å². The third-order valence-corrected chi connectivity index (χ3v) is 3.55. The van der Waals surface area contributed by atoms with Crippen LogP contribution in [0, 0.1) is 17.5 Å². The van der Waals surface area contributed by atoms with Gasteiger partial charge in [-0.25, -0.2) is 18.0 Å². The van der Waals surface area contributed by atoms with Crippen LogP contribution in [0.5, 0.6) is 0 Å². The van der Waals surface area contributed by atoms with Gasteiger partial charge < -0.3 is 9.52 Å². The number of benzene rings is 1. The maximum Gasteiger partial charge on any atom is 0.371 e. The van der Waals surface area contributed by atoms with Crippen molar-refractivity contribution in [2.75, 3.05) is 4.72 Å². The van der Waals surface area contributed by atoms with E-state index in [-0.39, 0.29) is 6.07 Å². The molecule has 2 aromatic rings. The molecule has 10 heteroatoms. The fraction of sp³-hybridized carbons (Fsp3) is 0. The molecule has 0 unspecified atom stereocenters. The summed E-state index contributed by atoms with van der Waals surface area (Å²) < 4.78 is 68.8. The number of carboxylic acid groups (broad SMARTS) is 1. The Balaban J connectivity index is 2.37. The lowest BCUT2D eigenvalue weighted by Crippen LogP contribution is -2.14. The fourth-order valence-electron chi connectivity index (χ4n) is 1.38. The van der Waals surface area contributed by atoms with Crippen molar-refractivity contribution in [1.29, 1.82) is 0 Å². The van der Waals surface area contributed by atoms with Crippen molar-refractivity contribution in [3.8, 4) is 0 Å². The Labute approximate surface area is 115 Å². The molecule has 0 saturated heterocycles. The standard InChI is InChI=1S/C11H6F3NO5S/c12-5-3-7(14)8(4-6(5)13)15-21(18,19)10-2-1-9(20-10)11(16)17/h1-4,15H,(H,16,17). The Kier molecular flexibility index (Phi) is 3.64. The molecule has 112 valence electrons. The van der Waals surface area contributed by atoms with Gasteiger partial charge in [-0.15, -0.1) is 0 Å². The van der Waals surface area contributed by atoms with E-state index >= 15 is 0 Å². The number of nitrogens with one attached hydrogen (secondary N) is 1. The van der Waals surface area contributed by atoms with Crippen LogP contribution in [0.25, 0.3) is 0 Å². The van der Waals surface area contributed by atoms with E-state index in [0.29, 0.717) is 6.07 Å². The molecule has 1 aromatic carbocycles. The highest BCUT2D eigenvalue weighted by Gasteiger charge is 2.23. The molecular weight excluding hydrogens is 315 g/mol. The molecule has 0 bridgehead atoms. The van der Waals surface area contributed by atoms with Gasteiger partial charge in [0.25, 0.3) is 10.0 Å². The monoisotopic (exact) mass is 321 g/mol. The molecular formula is C11H6F3NO5S. The summed E-state index contributed by atoms with van der Waals surface area (Å²) in [6.07, 6.45) is 0. The Bertz CT molecular complexity index is 815. The van der Waals surface area contributed by atoms with E-state index < -0.39 is 50.0 Å². The maximum atomic E-state index is 13.4. The number of furan rings is 1. The third-order valence-electron chi connectivity index (χ3n) is 2.31. The summed E-state index contributed by atoms with van der Waals surface area (Å²) in [4.78, 5) is 10.6. The average Bonchev–Trinajstić information content (AvgIpc) is 2.86. The first-order chi connectivity index (χ1) is 9.70. The van der Waals surface area contributed by atoms with E-state index in [2.05, 4.69) is 4.42 Å². The van der Waals surface area contributed by atoms with Gasteiger partial charge in [0.1, 0.15) is 5.82 Å². The lowest BCUT2D eigenvalue weighted by Gasteiger charge is -2.07. The van der Waals surface area contributed by atoms with Crippen molar-refractivity contribution in [1.82, 2.24) is 0 Å². The molecule has 0 saturated carbocycles. The van der Waals surface area contributed by atoms with Crippen molar-refractivity contribution >= 4 is 21.7 Å². The second-order valence-electron chi connectivity index (χ2n) is 3.78. The summed E-state index contributed by atoms with van der Waals surface area (Å²) >= 11 is 0. The van der Waals surface area contributed by atoms with E-state index in [1.807, 2.05) is 0 Å². The summed E-state index contributed by atoms with van der Waals surface area (Å²) in [5, 5.41) is 7.79. The summed E-state index contributed by atoms with van der Waals surface area (Å²) in [5.41, 5.74) is -0.845. The summed E-state index contributed by atoms with van der Waals surface area (Å²) in [6.45, 7) is 0. The summed E-state index contributed by atoms with van der Waals surface area (Å²) in [7, 11) is -4.49. The number of hydrogen-bond donors (Lipinski definition) is 2. The van der Waals surface area contributed by atoms with Gasteiger partial charge in [0.2, 0.25) is 10.9 Å². The van der Waals surface area contributed by atoms with Crippen molar-refractivity contribution in [3.05, 3.63) is 47.5 Å². The Morgan fingerprint density at radius 1 is 1.10 bits per heavy atom. The number of carbonyl (C=O) groups is 1.